The molecule has 0 atom stereocenters. The largest absolute Gasteiger partial charge is 0.309 e. The molecule has 0 aliphatic rings. The minimum Gasteiger partial charge on any atom is -0.309 e. The maximum atomic E-state index is 5.38. The van der Waals surface area contributed by atoms with Crippen LogP contribution in [0.25, 0.3) is 109 Å². The van der Waals surface area contributed by atoms with Crippen molar-refractivity contribution in [1.82, 2.24) is 18.9 Å². The lowest BCUT2D eigenvalue weighted by atomic mass is 10.0. The first-order valence-corrected chi connectivity index (χ1v) is 18.1. The zero-order chi connectivity index (χ0) is 33.2. The van der Waals surface area contributed by atoms with Crippen molar-refractivity contribution in [3.63, 3.8) is 0 Å². The van der Waals surface area contributed by atoms with Gasteiger partial charge in [-0.1, -0.05) is 121 Å². The fourth-order valence-electron chi connectivity index (χ4n) is 8.54. The average molecular weight is 667 g/mol. The molecule has 0 bridgehead atoms. The lowest BCUT2D eigenvalue weighted by Gasteiger charge is -2.10. The van der Waals surface area contributed by atoms with E-state index in [9.17, 15) is 0 Å². The number of aromatic nitrogens is 4. The Morgan fingerprint density at radius 1 is 0.471 bits per heavy atom. The van der Waals surface area contributed by atoms with Gasteiger partial charge in [-0.2, -0.15) is 0 Å². The molecule has 4 nitrogen and oxygen atoms in total. The summed E-state index contributed by atoms with van der Waals surface area (Å²) in [5.41, 5.74) is 11.3. The lowest BCUT2D eigenvalue weighted by molar-refractivity contribution is 1.18. The summed E-state index contributed by atoms with van der Waals surface area (Å²) in [5.74, 6) is 0.740. The minimum absolute atomic E-state index is 0.740. The number of thiophene rings is 1. The van der Waals surface area contributed by atoms with Crippen LogP contribution in [0.5, 0.6) is 0 Å². The summed E-state index contributed by atoms with van der Waals surface area (Å²) in [5, 5.41) is 8.65. The van der Waals surface area contributed by atoms with Crippen molar-refractivity contribution < 1.29 is 0 Å². The van der Waals surface area contributed by atoms with E-state index in [-0.39, 0.29) is 0 Å². The lowest BCUT2D eigenvalue weighted by Crippen LogP contribution is -1.96. The zero-order valence-electron chi connectivity index (χ0n) is 27.2. The molecule has 5 heterocycles. The van der Waals surface area contributed by atoms with Crippen molar-refractivity contribution in [3.8, 4) is 28.3 Å². The normalized spacial score (nSPS) is 12.3. The van der Waals surface area contributed by atoms with E-state index in [4.69, 9.17) is 9.97 Å². The fraction of sp³-hybridized carbons (Fsp3) is 0. The molecule has 0 fully saturated rings. The van der Waals surface area contributed by atoms with Gasteiger partial charge < -0.3 is 8.97 Å². The van der Waals surface area contributed by atoms with E-state index in [1.165, 1.54) is 53.6 Å². The highest BCUT2D eigenvalue weighted by Gasteiger charge is 2.22. The molecule has 0 unspecified atom stereocenters. The summed E-state index contributed by atoms with van der Waals surface area (Å²) in [7, 11) is 0. The Balaban J connectivity index is 1.16. The summed E-state index contributed by atoms with van der Waals surface area (Å²) >= 11 is 1.77. The molecule has 12 rings (SSSR count). The van der Waals surface area contributed by atoms with Crippen LogP contribution in [0, 0.1) is 0 Å². The molecule has 51 heavy (non-hydrogen) atoms. The molecule has 0 radical (unpaired) electrons. The van der Waals surface area contributed by atoms with Gasteiger partial charge in [0.05, 0.1) is 43.5 Å². The van der Waals surface area contributed by atoms with Crippen LogP contribution in [0.3, 0.4) is 0 Å². The number of hydrogen-bond acceptors (Lipinski definition) is 3. The monoisotopic (exact) mass is 666 g/mol. The Labute approximate surface area is 295 Å². The third-order valence-corrected chi connectivity index (χ3v) is 11.8. The van der Waals surface area contributed by atoms with Crippen molar-refractivity contribution in [3.05, 3.63) is 158 Å². The van der Waals surface area contributed by atoms with Crippen LogP contribution < -0.4 is 0 Å². The number of benzene rings is 7. The first-order valence-electron chi connectivity index (χ1n) is 17.3. The van der Waals surface area contributed by atoms with Crippen LogP contribution >= 0.6 is 11.3 Å². The van der Waals surface area contributed by atoms with E-state index < -0.39 is 0 Å². The van der Waals surface area contributed by atoms with Crippen LogP contribution in [0.15, 0.2) is 158 Å². The molecule has 0 amide bonds. The van der Waals surface area contributed by atoms with E-state index >= 15 is 0 Å². The number of rotatable bonds is 3. The Kier molecular flexibility index (Phi) is 5.35. The van der Waals surface area contributed by atoms with Crippen LogP contribution in [0.1, 0.15) is 0 Å². The first kappa shape index (κ1) is 27.3. The number of fused-ring (bicyclic) bond motifs is 12. The van der Waals surface area contributed by atoms with Gasteiger partial charge in [-0.05, 0) is 36.4 Å². The van der Waals surface area contributed by atoms with E-state index in [1.54, 1.807) is 11.3 Å². The van der Waals surface area contributed by atoms with Gasteiger partial charge in [0.1, 0.15) is 0 Å². The summed E-state index contributed by atoms with van der Waals surface area (Å²) in [6, 6.07) is 56.8. The zero-order valence-corrected chi connectivity index (χ0v) is 28.0. The Bertz CT molecular complexity index is 3370. The summed E-state index contributed by atoms with van der Waals surface area (Å²) in [4.78, 5) is 10.7. The molecule has 236 valence electrons. The molecule has 5 aromatic heterocycles. The third-order valence-electron chi connectivity index (χ3n) is 10.7. The van der Waals surface area contributed by atoms with Crippen molar-refractivity contribution in [2.24, 2.45) is 0 Å². The highest BCUT2D eigenvalue weighted by molar-refractivity contribution is 7.26. The topological polar surface area (TPSA) is 35.1 Å². The number of hydrogen-bond donors (Lipinski definition) is 0. The van der Waals surface area contributed by atoms with Gasteiger partial charge in [0.15, 0.2) is 5.82 Å². The minimum atomic E-state index is 0.740. The van der Waals surface area contributed by atoms with Crippen LogP contribution in [-0.2, 0) is 0 Å². The fourth-order valence-corrected chi connectivity index (χ4v) is 9.70. The van der Waals surface area contributed by atoms with E-state index in [0.717, 1.165) is 55.0 Å². The molecule has 12 aromatic rings. The molecule has 0 saturated carbocycles. The van der Waals surface area contributed by atoms with Gasteiger partial charge in [0.2, 0.25) is 0 Å². The third kappa shape index (κ3) is 3.63. The quantitative estimate of drug-likeness (QED) is 0.188. The van der Waals surface area contributed by atoms with Gasteiger partial charge in [-0.15, -0.1) is 11.3 Å². The average Bonchev–Trinajstić information content (AvgIpc) is 3.93. The second-order valence-corrected chi connectivity index (χ2v) is 14.4. The summed E-state index contributed by atoms with van der Waals surface area (Å²) < 4.78 is 7.21. The predicted octanol–water partition coefficient (Wildman–Crippen LogP) is 12.4. The van der Waals surface area contributed by atoms with Gasteiger partial charge in [0, 0.05) is 59.2 Å². The van der Waals surface area contributed by atoms with Crippen molar-refractivity contribution in [1.29, 1.82) is 0 Å². The summed E-state index contributed by atoms with van der Waals surface area (Å²) in [6.07, 6.45) is 0. The van der Waals surface area contributed by atoms with E-state index in [0.29, 0.717) is 0 Å². The highest BCUT2D eigenvalue weighted by Crippen LogP contribution is 2.44. The smallest absolute Gasteiger partial charge is 0.161 e. The second-order valence-electron chi connectivity index (χ2n) is 13.3. The molecular formula is C46H26N4S. The van der Waals surface area contributed by atoms with E-state index in [2.05, 4.69) is 167 Å². The molecule has 0 saturated heterocycles. The van der Waals surface area contributed by atoms with Crippen molar-refractivity contribution >= 4 is 91.5 Å². The van der Waals surface area contributed by atoms with Crippen molar-refractivity contribution in [2.45, 2.75) is 0 Å². The van der Waals surface area contributed by atoms with Gasteiger partial charge in [-0.25, -0.2) is 9.97 Å². The molecule has 0 aliphatic heterocycles. The van der Waals surface area contributed by atoms with Crippen LogP contribution in [0.2, 0.25) is 0 Å². The van der Waals surface area contributed by atoms with Gasteiger partial charge in [0.25, 0.3) is 0 Å². The number of para-hydroxylation sites is 3. The highest BCUT2D eigenvalue weighted by atomic mass is 32.1. The molecule has 0 aliphatic carbocycles. The Morgan fingerprint density at radius 2 is 1.14 bits per heavy atom. The van der Waals surface area contributed by atoms with E-state index in [1.807, 2.05) is 0 Å². The maximum absolute atomic E-state index is 5.38. The molecule has 0 spiro atoms. The molecule has 0 N–H and O–H groups in total. The first-order chi connectivity index (χ1) is 25.3. The number of nitrogens with zero attached hydrogens (tertiary/aromatic N) is 4. The standard InChI is InChI=1S/C46H26N4S/c1-2-12-27(13-3-1)42-45-43(34-16-6-9-23-40(34)51-45)48-46(47-42)35-19-11-22-38-41(35)33-15-5-8-21-37(33)49(38)28-24-25-30-32-18-10-17-31-29-14-4-7-20-36(29)50(44(31)32)39(30)26-28/h1-26H. The molecule has 7 aromatic carbocycles. The van der Waals surface area contributed by atoms with Crippen LogP contribution in [0.4, 0.5) is 0 Å². The molecular weight excluding hydrogens is 641 g/mol. The van der Waals surface area contributed by atoms with Crippen molar-refractivity contribution in [2.75, 3.05) is 0 Å². The Hall–Kier alpha value is -6.56. The molecule has 5 heteroatoms. The predicted molar refractivity (Wildman–Crippen MR) is 215 cm³/mol. The Morgan fingerprint density at radius 3 is 2.00 bits per heavy atom. The second kappa shape index (κ2) is 10.0. The maximum Gasteiger partial charge on any atom is 0.161 e. The van der Waals surface area contributed by atoms with Gasteiger partial charge in [-0.3, -0.25) is 0 Å². The van der Waals surface area contributed by atoms with Gasteiger partial charge >= 0.3 is 0 Å². The van der Waals surface area contributed by atoms with Crippen LogP contribution in [-0.4, -0.2) is 18.9 Å². The SMILES string of the molecule is c1ccc(-c2nc(-c3cccc4c3c3ccccc3n4-c3ccc4c5cccc6c7ccccc7n(c4c3)c65)nc3c2sc2ccccc23)cc1. The summed E-state index contributed by atoms with van der Waals surface area (Å²) in [6.45, 7) is 0.